The fourth-order valence-electron chi connectivity index (χ4n) is 2.23. The van der Waals surface area contributed by atoms with Crippen LogP contribution >= 0.6 is 0 Å². The molecule has 3 aromatic rings. The Morgan fingerprint density at radius 3 is 2.71 bits per heavy atom. The van der Waals surface area contributed by atoms with Gasteiger partial charge in [-0.3, -0.25) is 9.48 Å². The van der Waals surface area contributed by atoms with E-state index in [0.29, 0.717) is 28.0 Å². The number of hydrogen-bond acceptors (Lipinski definition) is 5. The molecule has 2 aromatic heterocycles. The molecule has 1 aromatic carbocycles. The van der Waals surface area contributed by atoms with Gasteiger partial charge in [-0.25, -0.2) is 9.97 Å². The normalized spacial score (nSPS) is 10.2. The highest BCUT2D eigenvalue weighted by molar-refractivity contribution is 5.91. The smallest absolute Gasteiger partial charge is 0.325 e. The number of fused-ring (bicyclic) bond motifs is 1. The fourth-order valence-corrected chi connectivity index (χ4v) is 2.23. The number of carboxylic acids is 1. The summed E-state index contributed by atoms with van der Waals surface area (Å²) in [6.07, 6.45) is 3.24. The van der Waals surface area contributed by atoms with E-state index in [4.69, 9.17) is 10.8 Å². The van der Waals surface area contributed by atoms with Crippen molar-refractivity contribution in [1.29, 1.82) is 0 Å². The third-order valence-corrected chi connectivity index (χ3v) is 3.22. The number of hydrogen-bond donors (Lipinski definition) is 2. The van der Waals surface area contributed by atoms with Gasteiger partial charge in [-0.15, -0.1) is 0 Å². The second-order valence-electron chi connectivity index (χ2n) is 4.98. The molecular weight excluding hydrogens is 306 g/mol. The minimum atomic E-state index is -0.987. The Morgan fingerprint density at radius 2 is 2.04 bits per heavy atom. The van der Waals surface area contributed by atoms with Crippen LogP contribution in [-0.2, 0) is 11.3 Å². The average molecular weight is 319 g/mol. The van der Waals surface area contributed by atoms with E-state index in [9.17, 15) is 4.79 Å². The number of rotatable bonds is 3. The van der Waals surface area contributed by atoms with Crippen molar-refractivity contribution in [3.05, 3.63) is 60.3 Å². The summed E-state index contributed by atoms with van der Waals surface area (Å²) in [4.78, 5) is 19.0. The summed E-state index contributed by atoms with van der Waals surface area (Å²) in [5.41, 5.74) is 7.85. The number of carbonyl (C=O) groups is 1. The molecule has 0 aliphatic heterocycles. The van der Waals surface area contributed by atoms with Crippen molar-refractivity contribution >= 4 is 22.6 Å². The van der Waals surface area contributed by atoms with Gasteiger partial charge in [0.15, 0.2) is 0 Å². The number of aromatic nitrogens is 4. The van der Waals surface area contributed by atoms with Gasteiger partial charge in [-0.2, -0.15) is 5.10 Å². The average Bonchev–Trinajstić information content (AvgIpc) is 2.91. The molecule has 0 aliphatic carbocycles. The van der Waals surface area contributed by atoms with Crippen LogP contribution in [0.1, 0.15) is 17.1 Å². The fraction of sp³-hybridized carbons (Fsp3) is 0.0588. The van der Waals surface area contributed by atoms with E-state index in [1.165, 1.54) is 4.68 Å². The Morgan fingerprint density at radius 1 is 1.29 bits per heavy atom. The Kier molecular flexibility index (Phi) is 3.95. The van der Waals surface area contributed by atoms with E-state index in [1.54, 1.807) is 36.7 Å². The van der Waals surface area contributed by atoms with Crippen LogP contribution in [0, 0.1) is 11.8 Å². The predicted molar refractivity (Wildman–Crippen MR) is 88.6 cm³/mol. The molecule has 0 saturated heterocycles. The largest absolute Gasteiger partial charge is 0.480 e. The Bertz CT molecular complexity index is 996. The van der Waals surface area contributed by atoms with Crippen molar-refractivity contribution in [2.24, 2.45) is 5.73 Å². The number of aliphatic carboxylic acids is 1. The molecule has 0 atom stereocenters. The van der Waals surface area contributed by atoms with Gasteiger partial charge in [0, 0.05) is 23.3 Å². The van der Waals surface area contributed by atoms with Crippen LogP contribution < -0.4 is 5.73 Å². The lowest BCUT2D eigenvalue weighted by atomic mass is 10.1. The summed E-state index contributed by atoms with van der Waals surface area (Å²) in [5.74, 6) is 5.27. The van der Waals surface area contributed by atoms with E-state index in [1.807, 2.05) is 0 Å². The first kappa shape index (κ1) is 15.2. The summed E-state index contributed by atoms with van der Waals surface area (Å²) in [7, 11) is 0. The lowest BCUT2D eigenvalue weighted by molar-refractivity contribution is -0.137. The van der Waals surface area contributed by atoms with Gasteiger partial charge in [0.1, 0.15) is 12.2 Å². The second-order valence-corrected chi connectivity index (χ2v) is 4.98. The van der Waals surface area contributed by atoms with Crippen molar-refractivity contribution in [2.75, 3.05) is 0 Å². The van der Waals surface area contributed by atoms with E-state index < -0.39 is 5.97 Å². The molecule has 2 heterocycles. The summed E-state index contributed by atoms with van der Waals surface area (Å²) >= 11 is 0. The van der Waals surface area contributed by atoms with Crippen LogP contribution in [0.3, 0.4) is 0 Å². The van der Waals surface area contributed by atoms with Crippen molar-refractivity contribution in [2.45, 2.75) is 6.54 Å². The molecule has 0 bridgehead atoms. The zero-order chi connectivity index (χ0) is 17.1. The van der Waals surface area contributed by atoms with Crippen molar-refractivity contribution in [3.8, 4) is 11.8 Å². The molecule has 0 radical (unpaired) electrons. The highest BCUT2D eigenvalue weighted by atomic mass is 16.4. The predicted octanol–water partition coefficient (Wildman–Crippen LogP) is 1.24. The SMILES string of the molecule is C=C(N)c1nn(CC(=O)O)c2ccc(C#Cc3ncccn3)cc12. The molecule has 0 unspecified atom stereocenters. The van der Waals surface area contributed by atoms with Gasteiger partial charge in [-0.1, -0.05) is 12.5 Å². The van der Waals surface area contributed by atoms with Crippen LogP contribution in [0.2, 0.25) is 0 Å². The molecule has 0 aliphatic rings. The highest BCUT2D eigenvalue weighted by Crippen LogP contribution is 2.23. The Balaban J connectivity index is 2.07. The van der Waals surface area contributed by atoms with Crippen LogP contribution in [0.5, 0.6) is 0 Å². The van der Waals surface area contributed by atoms with Gasteiger partial charge >= 0.3 is 5.97 Å². The quantitative estimate of drug-likeness (QED) is 0.703. The first-order valence-corrected chi connectivity index (χ1v) is 7.01. The molecule has 24 heavy (non-hydrogen) atoms. The number of benzene rings is 1. The lowest BCUT2D eigenvalue weighted by Gasteiger charge is -1.98. The zero-order valence-electron chi connectivity index (χ0n) is 12.6. The summed E-state index contributed by atoms with van der Waals surface area (Å²) in [6, 6.07) is 7.05. The summed E-state index contributed by atoms with van der Waals surface area (Å²) in [6.45, 7) is 3.43. The Labute approximate surface area is 137 Å². The maximum atomic E-state index is 11.0. The van der Waals surface area contributed by atoms with Crippen LogP contribution in [-0.4, -0.2) is 30.8 Å². The van der Waals surface area contributed by atoms with E-state index in [0.717, 1.165) is 0 Å². The lowest BCUT2D eigenvalue weighted by Crippen LogP contribution is -2.10. The molecule has 0 saturated carbocycles. The first-order valence-electron chi connectivity index (χ1n) is 7.01. The third-order valence-electron chi connectivity index (χ3n) is 3.22. The number of nitrogens with zero attached hydrogens (tertiary/aromatic N) is 4. The number of carboxylic acid groups (broad SMARTS) is 1. The second kappa shape index (κ2) is 6.22. The van der Waals surface area contributed by atoms with E-state index in [2.05, 4.69) is 33.5 Å². The van der Waals surface area contributed by atoms with E-state index in [-0.39, 0.29) is 12.2 Å². The molecule has 7 heteroatoms. The maximum absolute atomic E-state index is 11.0. The molecule has 0 amide bonds. The third kappa shape index (κ3) is 3.08. The van der Waals surface area contributed by atoms with Gasteiger partial charge in [0.2, 0.25) is 5.82 Å². The molecule has 0 spiro atoms. The molecule has 7 nitrogen and oxygen atoms in total. The van der Waals surface area contributed by atoms with Gasteiger partial charge in [0.05, 0.1) is 11.2 Å². The Hall–Kier alpha value is -3.66. The van der Waals surface area contributed by atoms with Crippen molar-refractivity contribution in [3.63, 3.8) is 0 Å². The zero-order valence-corrected chi connectivity index (χ0v) is 12.6. The first-order chi connectivity index (χ1) is 11.5. The molecule has 3 N–H and O–H groups in total. The maximum Gasteiger partial charge on any atom is 0.325 e. The van der Waals surface area contributed by atoms with Crippen molar-refractivity contribution < 1.29 is 9.90 Å². The van der Waals surface area contributed by atoms with Gasteiger partial charge in [-0.05, 0) is 30.2 Å². The molecular formula is C17H13N5O2. The molecule has 0 fully saturated rings. The molecule has 3 rings (SSSR count). The number of nitrogens with two attached hydrogens (primary N) is 1. The highest BCUT2D eigenvalue weighted by Gasteiger charge is 2.13. The van der Waals surface area contributed by atoms with Crippen LogP contribution in [0.25, 0.3) is 16.6 Å². The monoisotopic (exact) mass is 319 g/mol. The summed E-state index contributed by atoms with van der Waals surface area (Å²) < 4.78 is 1.38. The van der Waals surface area contributed by atoms with Gasteiger partial charge < -0.3 is 10.8 Å². The van der Waals surface area contributed by atoms with E-state index >= 15 is 0 Å². The minimum Gasteiger partial charge on any atom is -0.480 e. The standard InChI is InChI=1S/C17H13N5O2/c1-11(18)17-13-9-12(4-6-15-19-7-2-8-20-15)3-5-14(13)22(21-17)10-16(23)24/h2-3,5,7-9H,1,10,18H2,(H,23,24). The van der Waals surface area contributed by atoms with Gasteiger partial charge in [0.25, 0.3) is 0 Å². The molecule has 118 valence electrons. The van der Waals surface area contributed by atoms with Crippen molar-refractivity contribution in [1.82, 2.24) is 19.7 Å². The van der Waals surface area contributed by atoms with Crippen LogP contribution in [0.15, 0.2) is 43.2 Å². The summed E-state index contributed by atoms with van der Waals surface area (Å²) in [5, 5.41) is 13.9. The topological polar surface area (TPSA) is 107 Å². The van der Waals surface area contributed by atoms with Crippen LogP contribution in [0.4, 0.5) is 0 Å². The minimum absolute atomic E-state index is 0.257.